The lowest BCUT2D eigenvalue weighted by Crippen LogP contribution is -2.28. The Balaban J connectivity index is 2.48. The molecule has 0 aliphatic rings. The van der Waals surface area contributed by atoms with Crippen LogP contribution < -0.4 is 0 Å². The number of carbonyl (C=O) groups is 1. The number of hydrogen-bond acceptors (Lipinski definition) is 5. The van der Waals surface area contributed by atoms with Gasteiger partial charge < -0.3 is 14.4 Å². The molecule has 0 fully saturated rings. The van der Waals surface area contributed by atoms with E-state index < -0.39 is 11.6 Å². The number of rotatable bonds is 6. The average Bonchev–Trinajstić information content (AvgIpc) is 3.00. The number of hydrogen-bond donors (Lipinski definition) is 1. The summed E-state index contributed by atoms with van der Waals surface area (Å²) in [7, 11) is 1.61. The van der Waals surface area contributed by atoms with Crippen LogP contribution in [0.3, 0.4) is 0 Å². The van der Waals surface area contributed by atoms with Crippen molar-refractivity contribution < 1.29 is 19.2 Å². The number of carboxylic acid groups (broad SMARTS) is 1. The number of nitrogens with zero attached hydrogens (tertiary/aromatic N) is 2. The van der Waals surface area contributed by atoms with E-state index in [1.807, 2.05) is 13.8 Å². The predicted octanol–water partition coefficient (Wildman–Crippen LogP) is 3.10. The lowest BCUT2D eigenvalue weighted by Gasteiger charge is -2.25. The van der Waals surface area contributed by atoms with Gasteiger partial charge in [0.2, 0.25) is 5.82 Å². The van der Waals surface area contributed by atoms with E-state index in [0.717, 1.165) is 0 Å². The first-order valence-corrected chi connectivity index (χ1v) is 6.80. The number of carboxylic acids is 1. The van der Waals surface area contributed by atoms with Crippen LogP contribution in [0.5, 0.6) is 0 Å². The second-order valence-electron chi connectivity index (χ2n) is 4.68. The summed E-state index contributed by atoms with van der Waals surface area (Å²) in [4.78, 5) is 15.6. The second-order valence-corrected chi connectivity index (χ2v) is 4.68. The molecule has 0 bridgehead atoms. The van der Waals surface area contributed by atoms with E-state index in [9.17, 15) is 9.90 Å². The average molecular weight is 290 g/mol. The minimum atomic E-state index is -1.03. The van der Waals surface area contributed by atoms with Crippen LogP contribution in [0, 0.1) is 0 Å². The third-order valence-corrected chi connectivity index (χ3v) is 3.75. The summed E-state index contributed by atoms with van der Waals surface area (Å²) in [5.74, 6) is -0.411. The van der Waals surface area contributed by atoms with Crippen molar-refractivity contribution in [2.45, 2.75) is 32.3 Å². The molecule has 6 nitrogen and oxygen atoms in total. The molecule has 2 aromatic rings. The molecule has 0 amide bonds. The zero-order valence-corrected chi connectivity index (χ0v) is 12.3. The summed E-state index contributed by atoms with van der Waals surface area (Å²) in [6.45, 7) is 3.96. The summed E-state index contributed by atoms with van der Waals surface area (Å²) in [6, 6.07) is 6.54. The van der Waals surface area contributed by atoms with Crippen molar-refractivity contribution in [1.29, 1.82) is 0 Å². The van der Waals surface area contributed by atoms with Crippen molar-refractivity contribution in [2.24, 2.45) is 0 Å². The Hall–Kier alpha value is -2.21. The maximum atomic E-state index is 11.3. The van der Waals surface area contributed by atoms with Crippen LogP contribution in [-0.2, 0) is 10.3 Å². The van der Waals surface area contributed by atoms with Crippen LogP contribution >= 0.6 is 0 Å². The lowest BCUT2D eigenvalue weighted by molar-refractivity contribution is -0.0306. The van der Waals surface area contributed by atoms with Gasteiger partial charge in [0.05, 0.1) is 11.1 Å². The van der Waals surface area contributed by atoms with Gasteiger partial charge in [0.1, 0.15) is 5.60 Å². The van der Waals surface area contributed by atoms with Crippen molar-refractivity contribution >= 4 is 5.97 Å². The molecule has 0 aliphatic heterocycles. The molecule has 0 atom stereocenters. The molecule has 0 saturated heterocycles. The van der Waals surface area contributed by atoms with Gasteiger partial charge in [-0.2, -0.15) is 4.98 Å². The van der Waals surface area contributed by atoms with Gasteiger partial charge in [0.25, 0.3) is 5.89 Å². The fourth-order valence-electron chi connectivity index (χ4n) is 2.32. The van der Waals surface area contributed by atoms with Crippen molar-refractivity contribution in [3.05, 3.63) is 35.7 Å². The van der Waals surface area contributed by atoms with Crippen LogP contribution in [0.1, 0.15) is 42.9 Å². The molecule has 0 radical (unpaired) electrons. The van der Waals surface area contributed by atoms with Gasteiger partial charge in [-0.15, -0.1) is 0 Å². The summed E-state index contributed by atoms with van der Waals surface area (Å²) in [6.07, 6.45) is 1.39. The highest BCUT2D eigenvalue weighted by molar-refractivity contribution is 5.94. The maximum absolute atomic E-state index is 11.3. The van der Waals surface area contributed by atoms with E-state index in [2.05, 4.69) is 10.1 Å². The third kappa shape index (κ3) is 2.67. The van der Waals surface area contributed by atoms with Crippen LogP contribution in [0.2, 0.25) is 0 Å². The Morgan fingerprint density at radius 1 is 1.33 bits per heavy atom. The van der Waals surface area contributed by atoms with E-state index in [4.69, 9.17) is 9.26 Å². The van der Waals surface area contributed by atoms with E-state index >= 15 is 0 Å². The third-order valence-electron chi connectivity index (χ3n) is 3.75. The Morgan fingerprint density at radius 2 is 2.00 bits per heavy atom. The van der Waals surface area contributed by atoms with E-state index in [1.54, 1.807) is 25.3 Å². The molecular formula is C15H18N2O4. The molecule has 1 aromatic carbocycles. The molecule has 0 spiro atoms. The summed E-state index contributed by atoms with van der Waals surface area (Å²) in [5, 5.41) is 13.2. The minimum absolute atomic E-state index is 0.128. The van der Waals surface area contributed by atoms with Crippen LogP contribution in [0.25, 0.3) is 11.5 Å². The van der Waals surface area contributed by atoms with E-state index in [0.29, 0.717) is 24.2 Å². The molecule has 1 heterocycles. The maximum Gasteiger partial charge on any atom is 0.336 e. The number of ether oxygens (including phenoxy) is 1. The molecule has 1 N–H and O–H groups in total. The fraction of sp³-hybridized carbons (Fsp3) is 0.400. The first-order valence-electron chi connectivity index (χ1n) is 6.80. The second kappa shape index (κ2) is 6.05. The first kappa shape index (κ1) is 15.2. The van der Waals surface area contributed by atoms with Crippen molar-refractivity contribution in [3.8, 4) is 11.5 Å². The van der Waals surface area contributed by atoms with E-state index in [-0.39, 0.29) is 11.5 Å². The Kier molecular flexibility index (Phi) is 4.37. The van der Waals surface area contributed by atoms with Crippen LogP contribution in [-0.4, -0.2) is 28.3 Å². The Labute approximate surface area is 122 Å². The molecule has 0 aliphatic carbocycles. The summed E-state index contributed by atoms with van der Waals surface area (Å²) in [5.41, 5.74) is -0.0791. The van der Waals surface area contributed by atoms with Gasteiger partial charge in [-0.1, -0.05) is 31.1 Å². The van der Waals surface area contributed by atoms with Crippen molar-refractivity contribution in [2.75, 3.05) is 7.11 Å². The highest BCUT2D eigenvalue weighted by atomic mass is 16.5. The minimum Gasteiger partial charge on any atom is -0.478 e. The predicted molar refractivity (Wildman–Crippen MR) is 76.0 cm³/mol. The zero-order valence-electron chi connectivity index (χ0n) is 12.3. The fourth-order valence-corrected chi connectivity index (χ4v) is 2.32. The van der Waals surface area contributed by atoms with Gasteiger partial charge in [0, 0.05) is 7.11 Å². The lowest BCUT2D eigenvalue weighted by atomic mass is 9.96. The van der Waals surface area contributed by atoms with Gasteiger partial charge in [-0.3, -0.25) is 0 Å². The van der Waals surface area contributed by atoms with Crippen LogP contribution in [0.15, 0.2) is 28.8 Å². The highest BCUT2D eigenvalue weighted by Gasteiger charge is 2.34. The molecule has 6 heteroatoms. The number of methoxy groups -OCH3 is 1. The SMILES string of the molecule is CCC(CC)(OC)c1noc(-c2ccccc2C(=O)O)n1. The topological polar surface area (TPSA) is 85.5 Å². The van der Waals surface area contributed by atoms with Gasteiger partial charge in [-0.05, 0) is 25.0 Å². The summed E-state index contributed by atoms with van der Waals surface area (Å²) < 4.78 is 10.8. The molecule has 21 heavy (non-hydrogen) atoms. The number of aromatic nitrogens is 2. The van der Waals surface area contributed by atoms with Crippen molar-refractivity contribution in [3.63, 3.8) is 0 Å². The Morgan fingerprint density at radius 3 is 2.57 bits per heavy atom. The smallest absolute Gasteiger partial charge is 0.336 e. The zero-order chi connectivity index (χ0) is 15.5. The molecule has 2 rings (SSSR count). The van der Waals surface area contributed by atoms with Crippen molar-refractivity contribution in [1.82, 2.24) is 10.1 Å². The molecule has 0 saturated carbocycles. The van der Waals surface area contributed by atoms with Crippen LogP contribution in [0.4, 0.5) is 0 Å². The standard InChI is InChI=1S/C15H18N2O4/c1-4-15(5-2,20-3)14-16-12(21-17-14)10-8-6-7-9-11(10)13(18)19/h6-9H,4-5H2,1-3H3,(H,18,19). The molecule has 0 unspecified atom stereocenters. The van der Waals surface area contributed by atoms with Gasteiger partial charge in [0.15, 0.2) is 0 Å². The number of benzene rings is 1. The van der Waals surface area contributed by atoms with Gasteiger partial charge >= 0.3 is 5.97 Å². The molecule has 1 aromatic heterocycles. The molecular weight excluding hydrogens is 272 g/mol. The molecule has 112 valence electrons. The van der Waals surface area contributed by atoms with E-state index in [1.165, 1.54) is 6.07 Å². The highest BCUT2D eigenvalue weighted by Crippen LogP contribution is 2.32. The largest absolute Gasteiger partial charge is 0.478 e. The van der Waals surface area contributed by atoms with Gasteiger partial charge in [-0.25, -0.2) is 4.79 Å². The normalized spacial score (nSPS) is 11.6. The summed E-state index contributed by atoms with van der Waals surface area (Å²) >= 11 is 0. The first-order chi connectivity index (χ1) is 10.1. The quantitative estimate of drug-likeness (QED) is 0.879. The Bertz CT molecular complexity index is 624. The monoisotopic (exact) mass is 290 g/mol. The number of aromatic carboxylic acids is 1.